The lowest BCUT2D eigenvalue weighted by atomic mass is 10.1. The molecule has 2 nitrogen and oxygen atoms in total. The molecule has 0 amide bonds. The van der Waals surface area contributed by atoms with E-state index in [1.165, 1.54) is 16.0 Å². The summed E-state index contributed by atoms with van der Waals surface area (Å²) in [6.07, 6.45) is 1.73. The molecular weight excluding hydrogens is 254 g/mol. The fourth-order valence-corrected chi connectivity index (χ4v) is 2.76. The highest BCUT2D eigenvalue weighted by Gasteiger charge is 2.03. The summed E-state index contributed by atoms with van der Waals surface area (Å²) in [7, 11) is 0. The van der Waals surface area contributed by atoms with E-state index >= 15 is 0 Å². The maximum atomic E-state index is 5.35. The molecule has 0 spiro atoms. The summed E-state index contributed by atoms with van der Waals surface area (Å²) in [5, 5.41) is 3.44. The van der Waals surface area contributed by atoms with Crippen LogP contribution < -0.4 is 5.32 Å². The van der Waals surface area contributed by atoms with E-state index in [1.54, 1.807) is 6.26 Å². The predicted octanol–water partition coefficient (Wildman–Crippen LogP) is 4.38. The minimum absolute atomic E-state index is 0.522. The van der Waals surface area contributed by atoms with Crippen molar-refractivity contribution in [1.29, 1.82) is 0 Å². The second-order valence-corrected chi connectivity index (χ2v) is 6.02. The molecule has 0 saturated heterocycles. The molecule has 3 heteroatoms. The highest BCUT2D eigenvalue weighted by molar-refractivity contribution is 7.98. The summed E-state index contributed by atoms with van der Waals surface area (Å²) < 4.78 is 5.35. The van der Waals surface area contributed by atoms with Crippen LogP contribution in [0.1, 0.15) is 30.7 Å². The zero-order valence-electron chi connectivity index (χ0n) is 11.8. The van der Waals surface area contributed by atoms with Gasteiger partial charge in [0, 0.05) is 17.5 Å². The molecule has 2 rings (SSSR count). The van der Waals surface area contributed by atoms with Crippen LogP contribution in [-0.4, -0.2) is 6.04 Å². The van der Waals surface area contributed by atoms with E-state index in [0.29, 0.717) is 6.04 Å². The Morgan fingerprint density at radius 1 is 1.26 bits per heavy atom. The van der Waals surface area contributed by atoms with Gasteiger partial charge in [-0.25, -0.2) is 0 Å². The zero-order chi connectivity index (χ0) is 13.7. The molecule has 102 valence electrons. The monoisotopic (exact) mass is 275 g/mol. The van der Waals surface area contributed by atoms with Crippen LogP contribution >= 0.6 is 11.8 Å². The molecule has 0 bridgehead atoms. The Bertz CT molecular complexity index is 505. The number of hydrogen-bond acceptors (Lipinski definition) is 3. The summed E-state index contributed by atoms with van der Waals surface area (Å²) in [6.45, 7) is 7.44. The van der Waals surface area contributed by atoms with Crippen molar-refractivity contribution >= 4 is 11.8 Å². The Balaban J connectivity index is 1.94. The molecule has 1 heterocycles. The molecule has 0 atom stereocenters. The van der Waals surface area contributed by atoms with E-state index in [9.17, 15) is 0 Å². The topological polar surface area (TPSA) is 25.2 Å². The highest BCUT2D eigenvalue weighted by Crippen LogP contribution is 2.26. The van der Waals surface area contributed by atoms with Gasteiger partial charge in [0.1, 0.15) is 5.76 Å². The summed E-state index contributed by atoms with van der Waals surface area (Å²) in [4.78, 5) is 1.32. The fraction of sp³-hybridized carbons (Fsp3) is 0.375. The van der Waals surface area contributed by atoms with Crippen LogP contribution in [0.2, 0.25) is 0 Å². The van der Waals surface area contributed by atoms with Gasteiger partial charge in [0.2, 0.25) is 0 Å². The van der Waals surface area contributed by atoms with Gasteiger partial charge in [-0.05, 0) is 36.2 Å². The molecule has 0 aliphatic rings. The second kappa shape index (κ2) is 6.83. The third kappa shape index (κ3) is 4.44. The largest absolute Gasteiger partial charge is 0.468 e. The quantitative estimate of drug-likeness (QED) is 0.792. The van der Waals surface area contributed by atoms with Gasteiger partial charge in [-0.3, -0.25) is 0 Å². The van der Waals surface area contributed by atoms with Crippen molar-refractivity contribution in [2.24, 2.45) is 0 Å². The molecule has 0 saturated carbocycles. The lowest BCUT2D eigenvalue weighted by Gasteiger charge is -2.10. The Morgan fingerprint density at radius 3 is 2.74 bits per heavy atom. The molecule has 2 aromatic rings. The van der Waals surface area contributed by atoms with Crippen LogP contribution in [0.5, 0.6) is 0 Å². The third-order valence-electron chi connectivity index (χ3n) is 2.90. The van der Waals surface area contributed by atoms with Crippen molar-refractivity contribution in [3.05, 3.63) is 53.5 Å². The van der Waals surface area contributed by atoms with E-state index in [2.05, 4.69) is 44.3 Å². The standard InChI is InChI=1S/C16H21NOS/c1-12(2)17-10-14-6-7-16(13(3)9-14)19-11-15-5-4-8-18-15/h4-9,12,17H,10-11H2,1-3H3. The number of benzene rings is 1. The van der Waals surface area contributed by atoms with Crippen molar-refractivity contribution in [1.82, 2.24) is 5.32 Å². The average molecular weight is 275 g/mol. The highest BCUT2D eigenvalue weighted by atomic mass is 32.2. The second-order valence-electron chi connectivity index (χ2n) is 5.00. The minimum Gasteiger partial charge on any atom is -0.468 e. The van der Waals surface area contributed by atoms with Gasteiger partial charge < -0.3 is 9.73 Å². The Hall–Kier alpha value is -1.19. The Kier molecular flexibility index (Phi) is 5.11. The van der Waals surface area contributed by atoms with Crippen molar-refractivity contribution < 1.29 is 4.42 Å². The maximum Gasteiger partial charge on any atom is 0.113 e. The molecule has 1 N–H and O–H groups in total. The summed E-state index contributed by atoms with van der Waals surface area (Å²) in [5.41, 5.74) is 2.67. The van der Waals surface area contributed by atoms with Crippen LogP contribution in [0.15, 0.2) is 45.9 Å². The van der Waals surface area contributed by atoms with Crippen LogP contribution in [-0.2, 0) is 12.3 Å². The molecular formula is C16H21NOS. The number of nitrogens with one attached hydrogen (secondary N) is 1. The van der Waals surface area contributed by atoms with Crippen molar-refractivity contribution in [2.45, 2.75) is 44.0 Å². The predicted molar refractivity (Wildman–Crippen MR) is 81.4 cm³/mol. The third-order valence-corrected chi connectivity index (χ3v) is 4.10. The lowest BCUT2D eigenvalue weighted by molar-refractivity contribution is 0.530. The Labute approximate surface area is 119 Å². The van der Waals surface area contributed by atoms with Crippen molar-refractivity contribution in [3.8, 4) is 0 Å². The molecule has 0 aliphatic heterocycles. The minimum atomic E-state index is 0.522. The van der Waals surface area contributed by atoms with Gasteiger partial charge in [-0.1, -0.05) is 26.0 Å². The normalized spacial score (nSPS) is 11.2. The fourth-order valence-electron chi connectivity index (χ4n) is 1.85. The molecule has 1 aromatic heterocycles. The van der Waals surface area contributed by atoms with Gasteiger partial charge in [0.15, 0.2) is 0 Å². The van der Waals surface area contributed by atoms with Gasteiger partial charge >= 0.3 is 0 Å². The maximum absolute atomic E-state index is 5.35. The molecule has 0 radical (unpaired) electrons. The van der Waals surface area contributed by atoms with E-state index in [-0.39, 0.29) is 0 Å². The molecule has 1 aromatic carbocycles. The first-order chi connectivity index (χ1) is 9.15. The first kappa shape index (κ1) is 14.2. The SMILES string of the molecule is Cc1cc(CNC(C)C)ccc1SCc1ccco1. The first-order valence-corrected chi connectivity index (χ1v) is 7.62. The van der Waals surface area contributed by atoms with Gasteiger partial charge in [-0.2, -0.15) is 0 Å². The average Bonchev–Trinajstić information content (AvgIpc) is 2.88. The number of thioether (sulfide) groups is 1. The van der Waals surface area contributed by atoms with Crippen molar-refractivity contribution in [2.75, 3.05) is 0 Å². The summed E-state index contributed by atoms with van der Waals surface area (Å²) in [6, 6.07) is 11.1. The Morgan fingerprint density at radius 2 is 2.11 bits per heavy atom. The number of rotatable bonds is 6. The van der Waals surface area contributed by atoms with Gasteiger partial charge in [0.25, 0.3) is 0 Å². The molecule has 19 heavy (non-hydrogen) atoms. The molecule has 0 unspecified atom stereocenters. The summed E-state index contributed by atoms with van der Waals surface area (Å²) >= 11 is 1.82. The van der Waals surface area contributed by atoms with Gasteiger partial charge in [-0.15, -0.1) is 11.8 Å². The van der Waals surface area contributed by atoms with E-state index in [1.807, 2.05) is 23.9 Å². The number of hydrogen-bond donors (Lipinski definition) is 1. The van der Waals surface area contributed by atoms with Crippen LogP contribution in [0.25, 0.3) is 0 Å². The smallest absolute Gasteiger partial charge is 0.113 e. The van der Waals surface area contributed by atoms with Crippen LogP contribution in [0.4, 0.5) is 0 Å². The van der Waals surface area contributed by atoms with Crippen LogP contribution in [0, 0.1) is 6.92 Å². The summed E-state index contributed by atoms with van der Waals surface area (Å²) in [5.74, 6) is 1.91. The number of aryl methyl sites for hydroxylation is 1. The molecule has 0 aliphatic carbocycles. The first-order valence-electron chi connectivity index (χ1n) is 6.63. The van der Waals surface area contributed by atoms with E-state index in [4.69, 9.17) is 4.42 Å². The van der Waals surface area contributed by atoms with Crippen molar-refractivity contribution in [3.63, 3.8) is 0 Å². The van der Waals surface area contributed by atoms with Crippen LogP contribution in [0.3, 0.4) is 0 Å². The lowest BCUT2D eigenvalue weighted by Crippen LogP contribution is -2.21. The van der Waals surface area contributed by atoms with E-state index in [0.717, 1.165) is 18.1 Å². The molecule has 0 fully saturated rings. The van der Waals surface area contributed by atoms with Gasteiger partial charge in [0.05, 0.1) is 12.0 Å². The zero-order valence-corrected chi connectivity index (χ0v) is 12.6. The number of furan rings is 1. The van der Waals surface area contributed by atoms with E-state index < -0.39 is 0 Å².